The normalized spacial score (nSPS) is 16.5. The number of urea groups is 1. The van der Waals surface area contributed by atoms with Crippen molar-refractivity contribution < 1.29 is 18.3 Å². The van der Waals surface area contributed by atoms with Gasteiger partial charge in [0, 0.05) is 25.3 Å². The lowest BCUT2D eigenvalue weighted by Crippen LogP contribution is -2.44. The number of rotatable bonds is 5. The number of morpholine rings is 1. The van der Waals surface area contributed by atoms with Crippen LogP contribution in [-0.4, -0.2) is 43.8 Å². The molecular weight excluding hydrogens is 313 g/mol. The van der Waals surface area contributed by atoms with Crippen molar-refractivity contribution >= 4 is 11.7 Å². The van der Waals surface area contributed by atoms with Crippen LogP contribution in [0.5, 0.6) is 0 Å². The first-order valence-electron chi connectivity index (χ1n) is 7.88. The monoisotopic (exact) mass is 333 g/mol. The van der Waals surface area contributed by atoms with Gasteiger partial charge in [0.05, 0.1) is 25.5 Å². The Kier molecular flexibility index (Phi) is 5.45. The summed E-state index contributed by atoms with van der Waals surface area (Å²) in [5.74, 6) is 0.463. The third-order valence-electron chi connectivity index (χ3n) is 3.92. The fraction of sp³-hybridized carbons (Fsp3) is 0.353. The van der Waals surface area contributed by atoms with Crippen molar-refractivity contribution in [2.45, 2.75) is 6.04 Å². The minimum atomic E-state index is -0.342. The molecule has 1 saturated heterocycles. The van der Waals surface area contributed by atoms with E-state index in [4.69, 9.17) is 9.15 Å². The Hall–Kier alpha value is -2.38. The van der Waals surface area contributed by atoms with Gasteiger partial charge < -0.3 is 19.8 Å². The predicted octanol–water partition coefficient (Wildman–Crippen LogP) is 2.61. The summed E-state index contributed by atoms with van der Waals surface area (Å²) in [6, 6.07) is 8.97. The van der Waals surface area contributed by atoms with Crippen molar-refractivity contribution in [2.24, 2.45) is 0 Å². The number of furan rings is 1. The van der Waals surface area contributed by atoms with Crippen LogP contribution in [0.2, 0.25) is 0 Å². The molecule has 2 aromatic rings. The molecule has 0 aliphatic carbocycles. The van der Waals surface area contributed by atoms with E-state index in [9.17, 15) is 9.18 Å². The Balaban J connectivity index is 1.58. The third kappa shape index (κ3) is 4.33. The number of anilines is 1. The Morgan fingerprint density at radius 2 is 1.96 bits per heavy atom. The smallest absolute Gasteiger partial charge is 0.319 e. The molecule has 7 heteroatoms. The Morgan fingerprint density at radius 1 is 1.21 bits per heavy atom. The summed E-state index contributed by atoms with van der Waals surface area (Å²) in [6.45, 7) is 3.30. The first-order chi connectivity index (χ1) is 11.7. The molecule has 2 N–H and O–H groups in total. The minimum absolute atomic E-state index is 0.0529. The van der Waals surface area contributed by atoms with E-state index in [0.717, 1.165) is 18.8 Å². The van der Waals surface area contributed by atoms with Crippen LogP contribution in [0, 0.1) is 5.82 Å². The van der Waals surface area contributed by atoms with E-state index < -0.39 is 0 Å². The molecule has 0 spiro atoms. The second kappa shape index (κ2) is 7.94. The number of ether oxygens (including phenoxy) is 1. The van der Waals surface area contributed by atoms with Gasteiger partial charge in [0.15, 0.2) is 0 Å². The van der Waals surface area contributed by atoms with Crippen molar-refractivity contribution in [2.75, 3.05) is 38.2 Å². The van der Waals surface area contributed by atoms with E-state index in [0.29, 0.717) is 25.4 Å². The molecular formula is C17H20FN3O3. The van der Waals surface area contributed by atoms with Crippen LogP contribution in [0.1, 0.15) is 11.8 Å². The van der Waals surface area contributed by atoms with E-state index >= 15 is 0 Å². The zero-order valence-corrected chi connectivity index (χ0v) is 13.2. The molecule has 1 aliphatic rings. The van der Waals surface area contributed by atoms with Gasteiger partial charge in [0.1, 0.15) is 11.6 Å². The summed E-state index contributed by atoms with van der Waals surface area (Å²) in [4.78, 5) is 14.3. The summed E-state index contributed by atoms with van der Waals surface area (Å²) in [6.07, 6.45) is 1.63. The average Bonchev–Trinajstić information content (AvgIpc) is 3.12. The number of amides is 2. The second-order valence-corrected chi connectivity index (χ2v) is 5.52. The molecule has 24 heavy (non-hydrogen) atoms. The number of nitrogens with one attached hydrogen (secondary N) is 2. The van der Waals surface area contributed by atoms with E-state index in [-0.39, 0.29) is 17.9 Å². The van der Waals surface area contributed by atoms with Crippen LogP contribution in [0.3, 0.4) is 0 Å². The van der Waals surface area contributed by atoms with Gasteiger partial charge in [-0.25, -0.2) is 9.18 Å². The quantitative estimate of drug-likeness (QED) is 0.883. The van der Waals surface area contributed by atoms with Crippen LogP contribution in [0.4, 0.5) is 14.9 Å². The number of halogens is 1. The summed E-state index contributed by atoms with van der Waals surface area (Å²) in [5.41, 5.74) is 0.537. The molecule has 128 valence electrons. The number of carbonyl (C=O) groups excluding carboxylic acids is 1. The summed E-state index contributed by atoms with van der Waals surface area (Å²) in [7, 11) is 0. The van der Waals surface area contributed by atoms with Crippen LogP contribution in [-0.2, 0) is 4.74 Å². The number of carbonyl (C=O) groups is 1. The molecule has 2 amide bonds. The van der Waals surface area contributed by atoms with Crippen molar-refractivity contribution in [1.82, 2.24) is 10.2 Å². The lowest BCUT2D eigenvalue weighted by atomic mass is 10.1. The highest BCUT2D eigenvalue weighted by atomic mass is 19.1. The first-order valence-corrected chi connectivity index (χ1v) is 7.88. The van der Waals surface area contributed by atoms with E-state index in [1.165, 1.54) is 24.3 Å². The minimum Gasteiger partial charge on any atom is -0.468 e. The molecule has 0 bridgehead atoms. The average molecular weight is 333 g/mol. The number of benzene rings is 1. The SMILES string of the molecule is O=C(NCC(c1ccco1)N1CCOCC1)Nc1ccc(F)cc1. The van der Waals surface area contributed by atoms with Gasteiger partial charge in [0.25, 0.3) is 0 Å². The largest absolute Gasteiger partial charge is 0.468 e. The molecule has 1 unspecified atom stereocenters. The summed E-state index contributed by atoms with van der Waals surface area (Å²) < 4.78 is 23.8. The van der Waals surface area contributed by atoms with Crippen molar-refractivity contribution in [1.29, 1.82) is 0 Å². The molecule has 1 atom stereocenters. The number of hydrogen-bond donors (Lipinski definition) is 2. The van der Waals surface area contributed by atoms with Gasteiger partial charge in [-0.2, -0.15) is 0 Å². The number of nitrogens with zero attached hydrogens (tertiary/aromatic N) is 1. The lowest BCUT2D eigenvalue weighted by Gasteiger charge is -2.33. The van der Waals surface area contributed by atoms with Crippen molar-refractivity contribution in [3.8, 4) is 0 Å². The van der Waals surface area contributed by atoms with Crippen LogP contribution in [0.15, 0.2) is 47.1 Å². The van der Waals surface area contributed by atoms with Crippen LogP contribution >= 0.6 is 0 Å². The van der Waals surface area contributed by atoms with Gasteiger partial charge in [-0.3, -0.25) is 4.90 Å². The topological polar surface area (TPSA) is 66.7 Å². The maximum absolute atomic E-state index is 12.9. The maximum atomic E-state index is 12.9. The molecule has 0 saturated carbocycles. The second-order valence-electron chi connectivity index (χ2n) is 5.52. The number of hydrogen-bond acceptors (Lipinski definition) is 4. The molecule has 2 heterocycles. The Labute approximate surface area is 139 Å². The highest BCUT2D eigenvalue weighted by Gasteiger charge is 2.25. The maximum Gasteiger partial charge on any atom is 0.319 e. The lowest BCUT2D eigenvalue weighted by molar-refractivity contribution is 0.0124. The van der Waals surface area contributed by atoms with Gasteiger partial charge >= 0.3 is 6.03 Å². The van der Waals surface area contributed by atoms with Crippen LogP contribution < -0.4 is 10.6 Å². The van der Waals surface area contributed by atoms with E-state index in [1.807, 2.05) is 12.1 Å². The van der Waals surface area contributed by atoms with Gasteiger partial charge in [-0.1, -0.05) is 0 Å². The zero-order valence-electron chi connectivity index (χ0n) is 13.2. The van der Waals surface area contributed by atoms with Gasteiger partial charge in [-0.05, 0) is 36.4 Å². The summed E-state index contributed by atoms with van der Waals surface area (Å²) >= 11 is 0. The fourth-order valence-electron chi connectivity index (χ4n) is 2.68. The molecule has 6 nitrogen and oxygen atoms in total. The molecule has 1 aromatic carbocycles. The standard InChI is InChI=1S/C17H20FN3O3/c18-13-3-5-14(6-4-13)20-17(22)19-12-15(16-2-1-9-24-16)21-7-10-23-11-8-21/h1-6,9,15H,7-8,10-12H2,(H2,19,20,22). The molecule has 0 radical (unpaired) electrons. The van der Waals surface area contributed by atoms with Gasteiger partial charge in [0.2, 0.25) is 0 Å². The molecule has 1 fully saturated rings. The van der Waals surface area contributed by atoms with E-state index in [1.54, 1.807) is 6.26 Å². The predicted molar refractivity (Wildman–Crippen MR) is 87.3 cm³/mol. The third-order valence-corrected chi connectivity index (χ3v) is 3.92. The van der Waals surface area contributed by atoms with E-state index in [2.05, 4.69) is 15.5 Å². The van der Waals surface area contributed by atoms with Crippen molar-refractivity contribution in [3.63, 3.8) is 0 Å². The Morgan fingerprint density at radius 3 is 2.62 bits per heavy atom. The molecule has 1 aliphatic heterocycles. The molecule has 3 rings (SSSR count). The molecule has 1 aromatic heterocycles. The highest BCUT2D eigenvalue weighted by molar-refractivity contribution is 5.89. The first kappa shape index (κ1) is 16.5. The Bertz CT molecular complexity index is 640. The van der Waals surface area contributed by atoms with Crippen LogP contribution in [0.25, 0.3) is 0 Å². The summed E-state index contributed by atoms with van der Waals surface area (Å²) in [5, 5.41) is 5.53. The van der Waals surface area contributed by atoms with Gasteiger partial charge in [-0.15, -0.1) is 0 Å². The highest BCUT2D eigenvalue weighted by Crippen LogP contribution is 2.21. The van der Waals surface area contributed by atoms with Crippen molar-refractivity contribution in [3.05, 3.63) is 54.2 Å². The zero-order chi connectivity index (χ0) is 16.8. The fourth-order valence-corrected chi connectivity index (χ4v) is 2.68.